The lowest BCUT2D eigenvalue weighted by Gasteiger charge is -2.29. The summed E-state index contributed by atoms with van der Waals surface area (Å²) in [5.74, 6) is -1.12. The van der Waals surface area contributed by atoms with Crippen LogP contribution in [0, 0.1) is 5.82 Å². The zero-order chi connectivity index (χ0) is 23.8. The van der Waals surface area contributed by atoms with Crippen LogP contribution in [0.15, 0.2) is 53.4 Å². The van der Waals surface area contributed by atoms with Gasteiger partial charge in [0.1, 0.15) is 11.3 Å². The van der Waals surface area contributed by atoms with E-state index in [1.165, 1.54) is 12.1 Å². The van der Waals surface area contributed by atoms with Gasteiger partial charge < -0.3 is 10.6 Å². The summed E-state index contributed by atoms with van der Waals surface area (Å²) in [5.41, 5.74) is 1.26. The molecule has 3 rings (SSSR count). The molecule has 2 aromatic carbocycles. The Bertz CT molecular complexity index is 1060. The molecule has 1 aliphatic heterocycles. The fourth-order valence-corrected chi connectivity index (χ4v) is 5.68. The third-order valence-electron chi connectivity index (χ3n) is 5.28. The smallest absolute Gasteiger partial charge is 0.241 e. The molecule has 2 atom stereocenters. The van der Waals surface area contributed by atoms with Crippen molar-refractivity contribution in [3.05, 3.63) is 65.5 Å². The molecule has 33 heavy (non-hydrogen) atoms. The highest BCUT2D eigenvalue weighted by atomic mass is 32.2. The molecule has 2 unspecified atom stereocenters. The van der Waals surface area contributed by atoms with Crippen molar-refractivity contribution in [2.24, 2.45) is 0 Å². The number of hydrogen-bond donors (Lipinski definition) is 3. The number of carbonyl (C=O) groups excluding carboxylic acids is 2. The molecule has 1 heterocycles. The monoisotopic (exact) mass is 493 g/mol. The Balaban J connectivity index is 1.48. The van der Waals surface area contributed by atoms with Crippen LogP contribution in [0.2, 0.25) is 0 Å². The molecule has 0 saturated carbocycles. The molecular weight excluding hydrogens is 465 g/mol. The Labute approximate surface area is 197 Å². The molecular formula is C23H28FN3O4S2. The van der Waals surface area contributed by atoms with Crippen molar-refractivity contribution in [3.63, 3.8) is 0 Å². The van der Waals surface area contributed by atoms with Gasteiger partial charge in [0, 0.05) is 13.1 Å². The number of thioether (sulfide) groups is 1. The van der Waals surface area contributed by atoms with Crippen molar-refractivity contribution in [2.75, 3.05) is 12.3 Å². The topological polar surface area (TPSA) is 104 Å². The lowest BCUT2D eigenvalue weighted by molar-refractivity contribution is -0.122. The summed E-state index contributed by atoms with van der Waals surface area (Å²) in [6, 6.07) is 12.5. The van der Waals surface area contributed by atoms with Gasteiger partial charge in [0.25, 0.3) is 0 Å². The number of hydrogen-bond acceptors (Lipinski definition) is 6. The van der Waals surface area contributed by atoms with Crippen molar-refractivity contribution in [1.82, 2.24) is 16.0 Å². The van der Waals surface area contributed by atoms with Crippen LogP contribution in [0.3, 0.4) is 0 Å². The van der Waals surface area contributed by atoms with Crippen LogP contribution in [0.25, 0.3) is 0 Å². The molecule has 0 radical (unpaired) electrons. The fourth-order valence-electron chi connectivity index (χ4n) is 3.34. The number of unbranched alkanes of at least 4 members (excludes halogenated alkanes) is 1. The predicted molar refractivity (Wildman–Crippen MR) is 127 cm³/mol. The number of carbonyl (C=O) groups is 2. The number of aryl methyl sites for hydroxylation is 1. The van der Waals surface area contributed by atoms with Gasteiger partial charge in [0.05, 0.1) is 10.6 Å². The van der Waals surface area contributed by atoms with Gasteiger partial charge in [-0.15, -0.1) is 11.8 Å². The van der Waals surface area contributed by atoms with Gasteiger partial charge in [-0.2, -0.15) is 0 Å². The fraction of sp³-hybridized carbons (Fsp3) is 0.391. The predicted octanol–water partition coefficient (Wildman–Crippen LogP) is 2.36. The zero-order valence-electron chi connectivity index (χ0n) is 18.3. The summed E-state index contributed by atoms with van der Waals surface area (Å²) in [6.07, 6.45) is 2.98. The van der Waals surface area contributed by atoms with E-state index >= 15 is 0 Å². The minimum atomic E-state index is -3.84. The molecule has 178 valence electrons. The van der Waals surface area contributed by atoms with Gasteiger partial charge in [-0.25, -0.2) is 12.8 Å². The molecule has 1 fully saturated rings. The van der Waals surface area contributed by atoms with E-state index in [1.54, 1.807) is 36.4 Å². The number of rotatable bonds is 10. The van der Waals surface area contributed by atoms with E-state index in [2.05, 4.69) is 22.9 Å². The molecule has 1 aliphatic rings. The maximum atomic E-state index is 12.9. The molecule has 2 amide bonds. The zero-order valence-corrected chi connectivity index (χ0v) is 20.0. The normalized spacial score (nSPS) is 18.5. The van der Waals surface area contributed by atoms with Crippen molar-refractivity contribution in [3.8, 4) is 0 Å². The summed E-state index contributed by atoms with van der Waals surface area (Å²) in [5, 5.41) is 7.10. The average molecular weight is 494 g/mol. The van der Waals surface area contributed by atoms with Crippen molar-refractivity contribution in [1.29, 1.82) is 0 Å². The van der Waals surface area contributed by atoms with E-state index in [9.17, 15) is 22.4 Å². The van der Waals surface area contributed by atoms with E-state index in [0.717, 1.165) is 42.2 Å². The van der Waals surface area contributed by atoms with Gasteiger partial charge in [0.2, 0.25) is 11.8 Å². The molecule has 0 spiro atoms. The molecule has 3 N–H and O–H groups in total. The number of halogens is 1. The van der Waals surface area contributed by atoms with Gasteiger partial charge in [-0.05, 0) is 48.2 Å². The minimum Gasteiger partial charge on any atom is -0.351 e. The first kappa shape index (κ1) is 25.2. The van der Waals surface area contributed by atoms with E-state index < -0.39 is 26.5 Å². The first-order valence-electron chi connectivity index (χ1n) is 10.8. The van der Waals surface area contributed by atoms with Crippen LogP contribution in [0.5, 0.6) is 0 Å². The molecule has 0 aromatic heterocycles. The Morgan fingerprint density at radius 1 is 1.12 bits per heavy atom. The molecule has 10 heteroatoms. The summed E-state index contributed by atoms with van der Waals surface area (Å²) >= 11 is 1.15. The number of sulfone groups is 1. The summed E-state index contributed by atoms with van der Waals surface area (Å²) in [4.78, 5) is 24.7. The molecule has 0 aliphatic carbocycles. The van der Waals surface area contributed by atoms with Crippen LogP contribution in [0.1, 0.15) is 30.9 Å². The number of benzene rings is 2. The number of amides is 2. The average Bonchev–Trinajstić information content (AvgIpc) is 2.81. The summed E-state index contributed by atoms with van der Waals surface area (Å²) in [7, 11) is -3.84. The Kier molecular flexibility index (Phi) is 8.87. The van der Waals surface area contributed by atoms with Crippen molar-refractivity contribution in [2.45, 2.75) is 48.4 Å². The highest BCUT2D eigenvalue weighted by molar-refractivity contribution is 8.00. The standard InChI is InChI=1S/C23H28FN3O4S2/c1-2-3-4-16-7-11-19(12-8-16)33(30,31)20-14-26-23(27-22(20)29)32-15-21(28)25-13-17-5-9-18(24)10-6-17/h5-12,20,23,26H,2-4,13-15H2,1H3,(H,25,28)(H,27,29). The second-order valence-corrected chi connectivity index (χ2v) is 11.0. The van der Waals surface area contributed by atoms with E-state index in [4.69, 9.17) is 0 Å². The largest absolute Gasteiger partial charge is 0.351 e. The van der Waals surface area contributed by atoms with Crippen LogP contribution in [-0.4, -0.2) is 43.3 Å². The van der Waals surface area contributed by atoms with Gasteiger partial charge >= 0.3 is 0 Å². The third kappa shape index (κ3) is 7.02. The van der Waals surface area contributed by atoms with E-state index in [0.29, 0.717) is 0 Å². The van der Waals surface area contributed by atoms with Crippen LogP contribution in [-0.2, 0) is 32.4 Å². The minimum absolute atomic E-state index is 0.0411. The lowest BCUT2D eigenvalue weighted by Crippen LogP contribution is -2.59. The van der Waals surface area contributed by atoms with Crippen LogP contribution < -0.4 is 16.0 Å². The van der Waals surface area contributed by atoms with Gasteiger partial charge in [-0.3, -0.25) is 14.9 Å². The molecule has 7 nitrogen and oxygen atoms in total. The van der Waals surface area contributed by atoms with Crippen LogP contribution in [0.4, 0.5) is 4.39 Å². The van der Waals surface area contributed by atoms with Gasteiger partial charge in [0.15, 0.2) is 15.1 Å². The van der Waals surface area contributed by atoms with Gasteiger partial charge in [-0.1, -0.05) is 37.6 Å². The molecule has 1 saturated heterocycles. The molecule has 2 aromatic rings. The highest BCUT2D eigenvalue weighted by Crippen LogP contribution is 2.21. The maximum absolute atomic E-state index is 12.9. The Hall–Kier alpha value is -2.43. The van der Waals surface area contributed by atoms with Crippen molar-refractivity contribution >= 4 is 33.4 Å². The third-order valence-corrected chi connectivity index (χ3v) is 8.39. The van der Waals surface area contributed by atoms with Crippen LogP contribution >= 0.6 is 11.8 Å². The lowest BCUT2D eigenvalue weighted by atomic mass is 10.1. The summed E-state index contributed by atoms with van der Waals surface area (Å²) < 4.78 is 38.8. The van der Waals surface area contributed by atoms with E-state index in [-0.39, 0.29) is 35.5 Å². The Morgan fingerprint density at radius 2 is 1.79 bits per heavy atom. The number of nitrogens with one attached hydrogen (secondary N) is 3. The SMILES string of the molecule is CCCCc1ccc(S(=O)(=O)C2CNC(SCC(=O)NCc3ccc(F)cc3)NC2=O)cc1. The second-order valence-electron chi connectivity index (χ2n) is 7.79. The quantitative estimate of drug-likeness (QED) is 0.470. The second kappa shape index (κ2) is 11.6. The van der Waals surface area contributed by atoms with E-state index in [1.807, 2.05) is 0 Å². The maximum Gasteiger partial charge on any atom is 0.241 e. The summed E-state index contributed by atoms with van der Waals surface area (Å²) in [6.45, 7) is 2.32. The van der Waals surface area contributed by atoms with Crippen molar-refractivity contribution < 1.29 is 22.4 Å². The first-order chi connectivity index (χ1) is 15.8. The highest BCUT2D eigenvalue weighted by Gasteiger charge is 2.38. The first-order valence-corrected chi connectivity index (χ1v) is 13.4. The Morgan fingerprint density at radius 3 is 2.42 bits per heavy atom. The molecule has 0 bridgehead atoms.